The minimum Gasteiger partial charge on any atom is -0.392 e. The highest BCUT2D eigenvalue weighted by molar-refractivity contribution is 7.99. The Morgan fingerprint density at radius 1 is 1.00 bits per heavy atom. The molecule has 1 aliphatic rings. The Morgan fingerprint density at radius 2 is 1.74 bits per heavy atom. The van der Waals surface area contributed by atoms with Gasteiger partial charge in [0.2, 0.25) is 0 Å². The summed E-state index contributed by atoms with van der Waals surface area (Å²) in [6.07, 6.45) is 3.77. The molecule has 0 amide bonds. The van der Waals surface area contributed by atoms with Gasteiger partial charge < -0.3 is 5.11 Å². The number of benzene rings is 2. The fourth-order valence-electron chi connectivity index (χ4n) is 2.66. The summed E-state index contributed by atoms with van der Waals surface area (Å²) in [6.45, 7) is 2.17. The molecular weight excluding hydrogens is 252 g/mol. The summed E-state index contributed by atoms with van der Waals surface area (Å²) in [5.41, 5.74) is 5.22. The molecule has 19 heavy (non-hydrogen) atoms. The Hall–Kier alpha value is -1.25. The molecule has 1 nitrogen and oxygen atoms in total. The lowest BCUT2D eigenvalue weighted by Crippen LogP contribution is -1.88. The predicted octanol–water partition coefficient (Wildman–Crippen LogP) is 4.13. The summed E-state index contributed by atoms with van der Waals surface area (Å²) in [4.78, 5) is 2.56. The van der Waals surface area contributed by atoms with E-state index in [9.17, 15) is 5.11 Å². The standard InChI is InChI=1S/C17H18OS/c1-12-9-16(8-6-15(12)11-18)19-17-7-5-13-3-2-4-14(13)10-17/h5-10,18H,2-4,11H2,1H3. The van der Waals surface area contributed by atoms with Gasteiger partial charge in [-0.25, -0.2) is 0 Å². The van der Waals surface area contributed by atoms with Gasteiger partial charge in [0.05, 0.1) is 6.61 Å². The minimum atomic E-state index is 0.121. The van der Waals surface area contributed by atoms with Crippen molar-refractivity contribution >= 4 is 11.8 Å². The van der Waals surface area contributed by atoms with Crippen LogP contribution in [0, 0.1) is 6.92 Å². The molecule has 2 aromatic carbocycles. The average Bonchev–Trinajstić information content (AvgIpc) is 2.86. The number of hydrogen-bond acceptors (Lipinski definition) is 2. The Balaban J connectivity index is 1.83. The maximum Gasteiger partial charge on any atom is 0.0684 e. The molecular formula is C17H18OS. The highest BCUT2D eigenvalue weighted by Crippen LogP contribution is 2.32. The number of rotatable bonds is 3. The zero-order valence-electron chi connectivity index (χ0n) is 11.1. The van der Waals surface area contributed by atoms with E-state index < -0.39 is 0 Å². The van der Waals surface area contributed by atoms with Crippen LogP contribution in [0.2, 0.25) is 0 Å². The van der Waals surface area contributed by atoms with Crippen molar-refractivity contribution in [1.29, 1.82) is 0 Å². The first-order chi connectivity index (χ1) is 9.26. The molecule has 0 bridgehead atoms. The van der Waals surface area contributed by atoms with Crippen molar-refractivity contribution in [2.24, 2.45) is 0 Å². The molecule has 0 radical (unpaired) electrons. The normalized spacial score (nSPS) is 13.6. The monoisotopic (exact) mass is 270 g/mol. The van der Waals surface area contributed by atoms with Gasteiger partial charge in [-0.05, 0) is 72.7 Å². The first-order valence-corrected chi connectivity index (χ1v) is 7.58. The van der Waals surface area contributed by atoms with Crippen LogP contribution in [0.1, 0.15) is 28.7 Å². The van der Waals surface area contributed by atoms with Gasteiger partial charge in [0.1, 0.15) is 0 Å². The van der Waals surface area contributed by atoms with Crippen LogP contribution in [0.4, 0.5) is 0 Å². The second-order valence-electron chi connectivity index (χ2n) is 5.13. The zero-order valence-corrected chi connectivity index (χ0v) is 12.0. The lowest BCUT2D eigenvalue weighted by molar-refractivity contribution is 0.281. The van der Waals surface area contributed by atoms with E-state index in [2.05, 4.69) is 37.3 Å². The Labute approximate surface area is 118 Å². The quantitative estimate of drug-likeness (QED) is 0.905. The highest BCUT2D eigenvalue weighted by Gasteiger charge is 2.11. The maximum atomic E-state index is 9.20. The molecule has 0 atom stereocenters. The number of fused-ring (bicyclic) bond motifs is 1. The van der Waals surface area contributed by atoms with Crippen LogP contribution in [0.3, 0.4) is 0 Å². The topological polar surface area (TPSA) is 20.2 Å². The molecule has 2 aromatic rings. The molecule has 3 rings (SSSR count). The van der Waals surface area contributed by atoms with Gasteiger partial charge in [0.15, 0.2) is 0 Å². The van der Waals surface area contributed by atoms with Gasteiger partial charge in [-0.1, -0.05) is 23.9 Å². The molecule has 0 saturated carbocycles. The van der Waals surface area contributed by atoms with Crippen molar-refractivity contribution in [2.45, 2.75) is 42.6 Å². The Bertz CT molecular complexity index is 604. The fourth-order valence-corrected chi connectivity index (χ4v) is 3.64. The highest BCUT2D eigenvalue weighted by atomic mass is 32.2. The number of aryl methyl sites for hydroxylation is 3. The van der Waals surface area contributed by atoms with E-state index in [1.165, 1.54) is 40.2 Å². The number of aliphatic hydroxyl groups is 1. The van der Waals surface area contributed by atoms with Crippen LogP contribution in [-0.4, -0.2) is 5.11 Å². The third-order valence-corrected chi connectivity index (χ3v) is 4.77. The molecule has 0 saturated heterocycles. The Kier molecular flexibility index (Phi) is 3.63. The predicted molar refractivity (Wildman–Crippen MR) is 79.7 cm³/mol. The largest absolute Gasteiger partial charge is 0.392 e. The smallest absolute Gasteiger partial charge is 0.0684 e. The molecule has 0 aliphatic heterocycles. The van der Waals surface area contributed by atoms with Crippen LogP contribution < -0.4 is 0 Å². The van der Waals surface area contributed by atoms with Gasteiger partial charge in [-0.15, -0.1) is 0 Å². The number of hydrogen-bond donors (Lipinski definition) is 1. The van der Waals surface area contributed by atoms with E-state index in [4.69, 9.17) is 0 Å². The molecule has 0 aromatic heterocycles. The van der Waals surface area contributed by atoms with Crippen molar-refractivity contribution in [1.82, 2.24) is 0 Å². The summed E-state index contributed by atoms with van der Waals surface area (Å²) in [5, 5.41) is 9.20. The molecule has 0 spiro atoms. The second kappa shape index (κ2) is 5.40. The molecule has 0 unspecified atom stereocenters. The van der Waals surface area contributed by atoms with Crippen molar-refractivity contribution in [3.05, 3.63) is 58.7 Å². The Morgan fingerprint density at radius 3 is 2.53 bits per heavy atom. The minimum absolute atomic E-state index is 0.121. The lowest BCUT2D eigenvalue weighted by atomic mass is 10.1. The van der Waals surface area contributed by atoms with E-state index >= 15 is 0 Å². The van der Waals surface area contributed by atoms with E-state index in [-0.39, 0.29) is 6.61 Å². The van der Waals surface area contributed by atoms with Crippen LogP contribution in [-0.2, 0) is 19.4 Å². The van der Waals surface area contributed by atoms with Gasteiger partial charge >= 0.3 is 0 Å². The first-order valence-electron chi connectivity index (χ1n) is 6.76. The summed E-state index contributed by atoms with van der Waals surface area (Å²) in [5.74, 6) is 0. The third kappa shape index (κ3) is 2.70. The van der Waals surface area contributed by atoms with Gasteiger partial charge in [0, 0.05) is 9.79 Å². The van der Waals surface area contributed by atoms with Crippen LogP contribution >= 0.6 is 11.8 Å². The van der Waals surface area contributed by atoms with Crippen LogP contribution in [0.15, 0.2) is 46.2 Å². The summed E-state index contributed by atoms with van der Waals surface area (Å²) >= 11 is 1.81. The van der Waals surface area contributed by atoms with E-state index in [1.807, 2.05) is 6.07 Å². The molecule has 0 heterocycles. The summed E-state index contributed by atoms with van der Waals surface area (Å²) in [7, 11) is 0. The molecule has 1 aliphatic carbocycles. The van der Waals surface area contributed by atoms with Crippen molar-refractivity contribution in [2.75, 3.05) is 0 Å². The molecule has 98 valence electrons. The van der Waals surface area contributed by atoms with Crippen molar-refractivity contribution in [3.63, 3.8) is 0 Å². The maximum absolute atomic E-state index is 9.20. The van der Waals surface area contributed by atoms with Gasteiger partial charge in [0.25, 0.3) is 0 Å². The SMILES string of the molecule is Cc1cc(Sc2ccc3c(c2)CCC3)ccc1CO. The van der Waals surface area contributed by atoms with Gasteiger partial charge in [-0.2, -0.15) is 0 Å². The fraction of sp³-hybridized carbons (Fsp3) is 0.294. The molecule has 1 N–H and O–H groups in total. The van der Waals surface area contributed by atoms with Crippen LogP contribution in [0.5, 0.6) is 0 Å². The summed E-state index contributed by atoms with van der Waals surface area (Å²) < 4.78 is 0. The van der Waals surface area contributed by atoms with Crippen molar-refractivity contribution < 1.29 is 5.11 Å². The molecule has 2 heteroatoms. The summed E-state index contributed by atoms with van der Waals surface area (Å²) in [6, 6.07) is 13.1. The van der Waals surface area contributed by atoms with E-state index in [1.54, 1.807) is 11.8 Å². The second-order valence-corrected chi connectivity index (χ2v) is 6.28. The van der Waals surface area contributed by atoms with Gasteiger partial charge in [-0.3, -0.25) is 0 Å². The first kappa shape index (κ1) is 12.8. The van der Waals surface area contributed by atoms with Crippen molar-refractivity contribution in [3.8, 4) is 0 Å². The average molecular weight is 270 g/mol. The van der Waals surface area contributed by atoms with E-state index in [0.29, 0.717) is 0 Å². The number of aliphatic hydroxyl groups excluding tert-OH is 1. The van der Waals surface area contributed by atoms with Crippen LogP contribution in [0.25, 0.3) is 0 Å². The lowest BCUT2D eigenvalue weighted by Gasteiger charge is -2.08. The molecule has 0 fully saturated rings. The third-order valence-electron chi connectivity index (χ3n) is 3.79. The van der Waals surface area contributed by atoms with E-state index in [0.717, 1.165) is 11.1 Å². The zero-order chi connectivity index (χ0) is 13.2.